The molecule has 1 atom stereocenters. The molecule has 1 heterocycles. The topological polar surface area (TPSA) is 41.1 Å². The van der Waals surface area contributed by atoms with Gasteiger partial charge in [-0.15, -0.1) is 11.8 Å². The lowest BCUT2D eigenvalue weighted by molar-refractivity contribution is -0.122. The third kappa shape index (κ3) is 2.23. The summed E-state index contributed by atoms with van der Waals surface area (Å²) in [4.78, 5) is 11.6. The molecule has 0 aromatic heterocycles. The first-order valence-corrected chi connectivity index (χ1v) is 6.50. The molecule has 0 radical (unpaired) electrons. The van der Waals surface area contributed by atoms with E-state index in [0.717, 1.165) is 18.2 Å². The maximum Gasteiger partial charge on any atom is 0.238 e. The SMILES string of the molecule is CCC1(CNC(=O)[C@H]2CSCN2)CC1. The van der Waals surface area contributed by atoms with E-state index in [-0.39, 0.29) is 11.9 Å². The van der Waals surface area contributed by atoms with E-state index in [4.69, 9.17) is 0 Å². The van der Waals surface area contributed by atoms with E-state index in [0.29, 0.717) is 5.41 Å². The smallest absolute Gasteiger partial charge is 0.238 e. The molecule has 1 amide bonds. The standard InChI is InChI=1S/C10H18N2OS/c1-2-10(3-4-10)6-11-9(13)8-5-14-7-12-8/h8,12H,2-7H2,1H3,(H,11,13)/t8-/m1/s1. The molecule has 0 unspecified atom stereocenters. The summed E-state index contributed by atoms with van der Waals surface area (Å²) in [5.41, 5.74) is 0.460. The highest BCUT2D eigenvalue weighted by Crippen LogP contribution is 2.47. The number of rotatable bonds is 4. The van der Waals surface area contributed by atoms with E-state index in [1.165, 1.54) is 19.3 Å². The maximum absolute atomic E-state index is 11.6. The van der Waals surface area contributed by atoms with Crippen molar-refractivity contribution in [3.63, 3.8) is 0 Å². The second-order valence-corrected chi connectivity index (χ2v) is 5.37. The lowest BCUT2D eigenvalue weighted by Gasteiger charge is -2.15. The summed E-state index contributed by atoms with van der Waals surface area (Å²) >= 11 is 1.79. The first kappa shape index (κ1) is 10.3. The number of nitrogens with one attached hydrogen (secondary N) is 2. The van der Waals surface area contributed by atoms with Crippen molar-refractivity contribution in [2.75, 3.05) is 18.2 Å². The molecule has 1 aliphatic heterocycles. The van der Waals surface area contributed by atoms with Crippen LogP contribution in [0.2, 0.25) is 0 Å². The zero-order valence-electron chi connectivity index (χ0n) is 8.64. The van der Waals surface area contributed by atoms with Crippen molar-refractivity contribution in [1.82, 2.24) is 10.6 Å². The van der Waals surface area contributed by atoms with E-state index < -0.39 is 0 Å². The Balaban J connectivity index is 1.72. The molecule has 0 aromatic carbocycles. The summed E-state index contributed by atoms with van der Waals surface area (Å²) < 4.78 is 0. The Morgan fingerprint density at radius 3 is 2.93 bits per heavy atom. The largest absolute Gasteiger partial charge is 0.354 e. The van der Waals surface area contributed by atoms with Gasteiger partial charge in [-0.2, -0.15) is 0 Å². The predicted octanol–water partition coefficient (Wildman–Crippen LogP) is 0.955. The first-order valence-electron chi connectivity index (χ1n) is 5.35. The maximum atomic E-state index is 11.6. The molecule has 80 valence electrons. The highest BCUT2D eigenvalue weighted by molar-refractivity contribution is 7.99. The highest BCUT2D eigenvalue weighted by Gasteiger charge is 2.41. The summed E-state index contributed by atoms with van der Waals surface area (Å²) in [6, 6.07) is 0.0488. The van der Waals surface area contributed by atoms with Gasteiger partial charge >= 0.3 is 0 Å². The summed E-state index contributed by atoms with van der Waals surface area (Å²) in [6.07, 6.45) is 3.77. The fourth-order valence-corrected chi connectivity index (χ4v) is 2.74. The highest BCUT2D eigenvalue weighted by atomic mass is 32.2. The van der Waals surface area contributed by atoms with Gasteiger partial charge in [0, 0.05) is 18.2 Å². The molecule has 0 aromatic rings. The van der Waals surface area contributed by atoms with Crippen LogP contribution in [0, 0.1) is 5.41 Å². The number of hydrogen-bond donors (Lipinski definition) is 2. The quantitative estimate of drug-likeness (QED) is 0.732. The van der Waals surface area contributed by atoms with Crippen LogP contribution in [0.3, 0.4) is 0 Å². The Morgan fingerprint density at radius 2 is 2.43 bits per heavy atom. The van der Waals surface area contributed by atoms with E-state index in [1.54, 1.807) is 11.8 Å². The van der Waals surface area contributed by atoms with E-state index in [9.17, 15) is 4.79 Å². The zero-order chi connectivity index (χ0) is 10.0. The van der Waals surface area contributed by atoms with Gasteiger partial charge < -0.3 is 5.32 Å². The molecular weight excluding hydrogens is 196 g/mol. The van der Waals surface area contributed by atoms with Crippen molar-refractivity contribution in [1.29, 1.82) is 0 Å². The molecule has 0 bridgehead atoms. The Kier molecular flexibility index (Phi) is 3.02. The van der Waals surface area contributed by atoms with Gasteiger partial charge in [0.05, 0.1) is 6.04 Å². The van der Waals surface area contributed by atoms with Gasteiger partial charge in [-0.05, 0) is 24.7 Å². The minimum Gasteiger partial charge on any atom is -0.354 e. The molecule has 1 saturated heterocycles. The predicted molar refractivity (Wildman–Crippen MR) is 59.2 cm³/mol. The van der Waals surface area contributed by atoms with Crippen molar-refractivity contribution in [2.45, 2.75) is 32.2 Å². The summed E-state index contributed by atoms with van der Waals surface area (Å²) in [6.45, 7) is 3.09. The van der Waals surface area contributed by atoms with Crippen LogP contribution < -0.4 is 10.6 Å². The van der Waals surface area contributed by atoms with Crippen LogP contribution in [0.1, 0.15) is 26.2 Å². The van der Waals surface area contributed by atoms with Crippen LogP contribution in [0.15, 0.2) is 0 Å². The number of hydrogen-bond acceptors (Lipinski definition) is 3. The Morgan fingerprint density at radius 1 is 1.64 bits per heavy atom. The molecule has 2 fully saturated rings. The van der Waals surface area contributed by atoms with Crippen LogP contribution in [0.5, 0.6) is 0 Å². The van der Waals surface area contributed by atoms with Crippen LogP contribution in [0.4, 0.5) is 0 Å². The molecule has 0 spiro atoms. The average Bonchev–Trinajstić information content (AvgIpc) is 2.78. The molecule has 1 saturated carbocycles. The minimum absolute atomic E-state index is 0.0488. The molecular formula is C10H18N2OS. The van der Waals surface area contributed by atoms with Crippen molar-refractivity contribution in [2.24, 2.45) is 5.41 Å². The van der Waals surface area contributed by atoms with Gasteiger partial charge in [-0.3, -0.25) is 10.1 Å². The van der Waals surface area contributed by atoms with Gasteiger partial charge in [0.25, 0.3) is 0 Å². The van der Waals surface area contributed by atoms with Crippen LogP contribution in [-0.4, -0.2) is 30.1 Å². The van der Waals surface area contributed by atoms with Crippen molar-refractivity contribution < 1.29 is 4.79 Å². The minimum atomic E-state index is 0.0488. The number of thioether (sulfide) groups is 1. The van der Waals surface area contributed by atoms with Gasteiger partial charge in [0.2, 0.25) is 5.91 Å². The fraction of sp³-hybridized carbons (Fsp3) is 0.900. The summed E-state index contributed by atoms with van der Waals surface area (Å²) in [7, 11) is 0. The number of carbonyl (C=O) groups is 1. The van der Waals surface area contributed by atoms with E-state index >= 15 is 0 Å². The Labute approximate surface area is 89.4 Å². The molecule has 1 aliphatic carbocycles. The first-order chi connectivity index (χ1) is 6.76. The van der Waals surface area contributed by atoms with E-state index in [2.05, 4.69) is 17.6 Å². The van der Waals surface area contributed by atoms with Gasteiger partial charge in [-0.25, -0.2) is 0 Å². The van der Waals surface area contributed by atoms with Crippen molar-refractivity contribution in [3.05, 3.63) is 0 Å². The molecule has 2 rings (SSSR count). The summed E-state index contributed by atoms with van der Waals surface area (Å²) in [5.74, 6) is 2.02. The number of amides is 1. The second-order valence-electron chi connectivity index (χ2n) is 4.34. The average molecular weight is 214 g/mol. The van der Waals surface area contributed by atoms with Crippen molar-refractivity contribution in [3.8, 4) is 0 Å². The van der Waals surface area contributed by atoms with Crippen LogP contribution in [-0.2, 0) is 4.79 Å². The Bertz CT molecular complexity index is 222. The second kappa shape index (κ2) is 4.11. The third-order valence-corrected chi connectivity index (χ3v) is 4.32. The van der Waals surface area contributed by atoms with Gasteiger partial charge in [-0.1, -0.05) is 6.92 Å². The molecule has 2 N–H and O–H groups in total. The molecule has 3 nitrogen and oxygen atoms in total. The summed E-state index contributed by atoms with van der Waals surface area (Å²) in [5, 5.41) is 6.25. The monoisotopic (exact) mass is 214 g/mol. The zero-order valence-corrected chi connectivity index (χ0v) is 9.45. The number of carbonyl (C=O) groups excluding carboxylic acids is 1. The van der Waals surface area contributed by atoms with Gasteiger partial charge in [0.15, 0.2) is 0 Å². The molecule has 4 heteroatoms. The fourth-order valence-electron chi connectivity index (χ4n) is 1.79. The Hall–Kier alpha value is -0.220. The molecule has 14 heavy (non-hydrogen) atoms. The third-order valence-electron chi connectivity index (χ3n) is 3.38. The lowest BCUT2D eigenvalue weighted by atomic mass is 10.0. The normalized spacial score (nSPS) is 28.8. The van der Waals surface area contributed by atoms with Crippen LogP contribution >= 0.6 is 11.8 Å². The van der Waals surface area contributed by atoms with Crippen molar-refractivity contribution >= 4 is 17.7 Å². The van der Waals surface area contributed by atoms with E-state index in [1.807, 2.05) is 0 Å². The molecule has 2 aliphatic rings. The van der Waals surface area contributed by atoms with Crippen LogP contribution in [0.25, 0.3) is 0 Å². The lowest BCUT2D eigenvalue weighted by Crippen LogP contribution is -2.43. The van der Waals surface area contributed by atoms with Gasteiger partial charge in [0.1, 0.15) is 0 Å².